The first-order valence-electron chi connectivity index (χ1n) is 7.11. The number of carboxylic acids is 1. The number of hydrogen-bond donors (Lipinski definition) is 1. The Balaban J connectivity index is 2.30. The number of carboxylic acid groups (broad SMARTS) is 1. The largest absolute Gasteiger partial charge is 0.481 e. The van der Waals surface area contributed by atoms with E-state index in [1.165, 1.54) is 11.4 Å². The minimum Gasteiger partial charge on any atom is -0.481 e. The van der Waals surface area contributed by atoms with Crippen molar-refractivity contribution in [2.45, 2.75) is 43.5 Å². The minimum atomic E-state index is -3.65. The first kappa shape index (κ1) is 16.0. The fourth-order valence-electron chi connectivity index (χ4n) is 2.89. The average molecular weight is 311 g/mol. The lowest BCUT2D eigenvalue weighted by atomic mass is 9.85. The molecular weight excluding hydrogens is 290 g/mol. The lowest BCUT2D eigenvalue weighted by molar-refractivity contribution is -0.144. The van der Waals surface area contributed by atoms with Crippen molar-refractivity contribution in [3.8, 4) is 0 Å². The van der Waals surface area contributed by atoms with E-state index in [2.05, 4.69) is 0 Å². The van der Waals surface area contributed by atoms with Crippen molar-refractivity contribution < 1.29 is 18.3 Å². The molecule has 2 unspecified atom stereocenters. The molecule has 1 fully saturated rings. The standard InChI is InChI=1S/C15H21NO4S/c1-11-7-9-12(10-8-11)21(19,20)16(2)14-6-4-3-5-13(14)15(17)18/h7-10,13-14H,3-6H2,1-2H3,(H,17,18). The summed E-state index contributed by atoms with van der Waals surface area (Å²) in [5, 5.41) is 9.31. The van der Waals surface area contributed by atoms with E-state index in [1.807, 2.05) is 6.92 Å². The SMILES string of the molecule is Cc1ccc(S(=O)(=O)N(C)C2CCCCC2C(=O)O)cc1. The summed E-state index contributed by atoms with van der Waals surface area (Å²) < 4.78 is 26.5. The molecule has 0 spiro atoms. The van der Waals surface area contributed by atoms with Crippen molar-refractivity contribution in [3.05, 3.63) is 29.8 Å². The summed E-state index contributed by atoms with van der Waals surface area (Å²) in [5.74, 6) is -1.53. The van der Waals surface area contributed by atoms with Crippen LogP contribution in [0.15, 0.2) is 29.2 Å². The van der Waals surface area contributed by atoms with Crippen LogP contribution in [0, 0.1) is 12.8 Å². The van der Waals surface area contributed by atoms with E-state index in [0.29, 0.717) is 12.8 Å². The quantitative estimate of drug-likeness (QED) is 0.925. The number of aryl methyl sites for hydroxylation is 1. The first-order chi connectivity index (χ1) is 9.84. The molecule has 1 N–H and O–H groups in total. The zero-order valence-electron chi connectivity index (χ0n) is 12.3. The van der Waals surface area contributed by atoms with E-state index in [0.717, 1.165) is 18.4 Å². The second-order valence-electron chi connectivity index (χ2n) is 5.63. The molecule has 1 saturated carbocycles. The van der Waals surface area contributed by atoms with E-state index < -0.39 is 28.0 Å². The number of aliphatic carboxylic acids is 1. The molecule has 1 aliphatic carbocycles. The van der Waals surface area contributed by atoms with Gasteiger partial charge in [-0.15, -0.1) is 0 Å². The van der Waals surface area contributed by atoms with Crippen LogP contribution in [0.2, 0.25) is 0 Å². The summed E-state index contributed by atoms with van der Waals surface area (Å²) >= 11 is 0. The summed E-state index contributed by atoms with van der Waals surface area (Å²) in [7, 11) is -2.16. The lowest BCUT2D eigenvalue weighted by Gasteiger charge is -2.35. The third-order valence-electron chi connectivity index (χ3n) is 4.21. The smallest absolute Gasteiger partial charge is 0.308 e. The van der Waals surface area contributed by atoms with E-state index in [1.54, 1.807) is 24.3 Å². The average Bonchev–Trinajstić information content (AvgIpc) is 2.46. The molecule has 0 amide bonds. The van der Waals surface area contributed by atoms with Crippen molar-refractivity contribution in [1.82, 2.24) is 4.31 Å². The summed E-state index contributed by atoms with van der Waals surface area (Å²) in [6.07, 6.45) is 2.83. The Bertz CT molecular complexity index is 609. The molecule has 0 heterocycles. The Morgan fingerprint density at radius 2 is 1.76 bits per heavy atom. The van der Waals surface area contributed by atoms with Crippen molar-refractivity contribution in [3.63, 3.8) is 0 Å². The number of hydrogen-bond acceptors (Lipinski definition) is 3. The van der Waals surface area contributed by atoms with E-state index in [4.69, 9.17) is 0 Å². The minimum absolute atomic E-state index is 0.213. The molecular formula is C15H21NO4S. The fraction of sp³-hybridized carbons (Fsp3) is 0.533. The van der Waals surface area contributed by atoms with Gasteiger partial charge in [0.2, 0.25) is 10.0 Å². The van der Waals surface area contributed by atoms with E-state index >= 15 is 0 Å². The van der Waals surface area contributed by atoms with Crippen LogP contribution in [0.4, 0.5) is 0 Å². The molecule has 0 bridgehead atoms. The maximum Gasteiger partial charge on any atom is 0.308 e. The van der Waals surface area contributed by atoms with Crippen molar-refractivity contribution in [1.29, 1.82) is 0 Å². The highest BCUT2D eigenvalue weighted by Crippen LogP contribution is 2.31. The van der Waals surface area contributed by atoms with Gasteiger partial charge < -0.3 is 5.11 Å². The summed E-state index contributed by atoms with van der Waals surface area (Å²) in [4.78, 5) is 11.6. The van der Waals surface area contributed by atoms with Crippen molar-refractivity contribution in [2.75, 3.05) is 7.05 Å². The number of sulfonamides is 1. The Morgan fingerprint density at radius 1 is 1.19 bits per heavy atom. The molecule has 1 aromatic rings. The highest BCUT2D eigenvalue weighted by atomic mass is 32.2. The second kappa shape index (κ2) is 6.15. The molecule has 0 aliphatic heterocycles. The van der Waals surface area contributed by atoms with E-state index in [-0.39, 0.29) is 4.90 Å². The van der Waals surface area contributed by atoms with Gasteiger partial charge in [-0.05, 0) is 31.9 Å². The Hall–Kier alpha value is -1.40. The Kier molecular flexibility index (Phi) is 4.68. The molecule has 116 valence electrons. The first-order valence-corrected chi connectivity index (χ1v) is 8.55. The molecule has 21 heavy (non-hydrogen) atoms. The van der Waals surface area contributed by atoms with Gasteiger partial charge in [0, 0.05) is 13.1 Å². The van der Waals surface area contributed by atoms with E-state index in [9.17, 15) is 18.3 Å². The molecule has 0 saturated heterocycles. The van der Waals surface area contributed by atoms with Crippen LogP contribution in [0.3, 0.4) is 0 Å². The number of carbonyl (C=O) groups is 1. The van der Waals surface area contributed by atoms with Gasteiger partial charge in [0.25, 0.3) is 0 Å². The van der Waals surface area contributed by atoms with Crippen LogP contribution in [0.5, 0.6) is 0 Å². The predicted octanol–water partition coefficient (Wildman–Crippen LogP) is 2.26. The van der Waals surface area contributed by atoms with Gasteiger partial charge >= 0.3 is 5.97 Å². The van der Waals surface area contributed by atoms with Gasteiger partial charge in [0.05, 0.1) is 10.8 Å². The molecule has 0 radical (unpaired) electrons. The van der Waals surface area contributed by atoms with Crippen LogP contribution in [-0.4, -0.2) is 36.9 Å². The number of rotatable bonds is 4. The topological polar surface area (TPSA) is 74.7 Å². The predicted molar refractivity (Wildman–Crippen MR) is 79.5 cm³/mol. The van der Waals surface area contributed by atoms with Crippen LogP contribution in [-0.2, 0) is 14.8 Å². The number of benzene rings is 1. The number of nitrogens with zero attached hydrogens (tertiary/aromatic N) is 1. The molecule has 0 aromatic heterocycles. The van der Waals surface area contributed by atoms with Crippen LogP contribution in [0.25, 0.3) is 0 Å². The monoisotopic (exact) mass is 311 g/mol. The molecule has 5 nitrogen and oxygen atoms in total. The molecule has 1 aliphatic rings. The third kappa shape index (κ3) is 3.27. The Morgan fingerprint density at radius 3 is 2.33 bits per heavy atom. The summed E-state index contributed by atoms with van der Waals surface area (Å²) in [5.41, 5.74) is 0.984. The zero-order chi connectivity index (χ0) is 15.6. The second-order valence-corrected chi connectivity index (χ2v) is 7.63. The fourth-order valence-corrected chi connectivity index (χ4v) is 4.31. The Labute approximate surface area is 125 Å². The van der Waals surface area contributed by atoms with Gasteiger partial charge in [-0.1, -0.05) is 30.5 Å². The highest BCUT2D eigenvalue weighted by molar-refractivity contribution is 7.89. The summed E-state index contributed by atoms with van der Waals surface area (Å²) in [6, 6.07) is 6.16. The van der Waals surface area contributed by atoms with Crippen molar-refractivity contribution >= 4 is 16.0 Å². The van der Waals surface area contributed by atoms with Gasteiger partial charge in [-0.25, -0.2) is 8.42 Å². The van der Waals surface area contributed by atoms with Gasteiger partial charge in [-0.2, -0.15) is 4.31 Å². The molecule has 2 rings (SSSR count). The zero-order valence-corrected chi connectivity index (χ0v) is 13.1. The maximum atomic E-state index is 12.6. The molecule has 2 atom stereocenters. The molecule has 1 aromatic carbocycles. The van der Waals surface area contributed by atoms with Crippen LogP contribution < -0.4 is 0 Å². The lowest BCUT2D eigenvalue weighted by Crippen LogP contribution is -2.46. The maximum absolute atomic E-state index is 12.6. The van der Waals surface area contributed by atoms with Gasteiger partial charge in [0.1, 0.15) is 0 Å². The van der Waals surface area contributed by atoms with Crippen molar-refractivity contribution in [2.24, 2.45) is 5.92 Å². The molecule has 6 heteroatoms. The van der Waals surface area contributed by atoms with Gasteiger partial charge in [0.15, 0.2) is 0 Å². The van der Waals surface area contributed by atoms with Gasteiger partial charge in [-0.3, -0.25) is 4.79 Å². The normalized spacial score (nSPS) is 23.2. The summed E-state index contributed by atoms with van der Waals surface area (Å²) in [6.45, 7) is 1.89. The highest BCUT2D eigenvalue weighted by Gasteiger charge is 2.38. The van der Waals surface area contributed by atoms with Crippen LogP contribution >= 0.6 is 0 Å². The third-order valence-corrected chi connectivity index (χ3v) is 6.11. The van der Waals surface area contributed by atoms with Crippen LogP contribution in [0.1, 0.15) is 31.2 Å².